The second-order valence-corrected chi connectivity index (χ2v) is 10.8. The van der Waals surface area contributed by atoms with Gasteiger partial charge in [-0.15, -0.1) is 0 Å². The molecule has 2 saturated heterocycles. The summed E-state index contributed by atoms with van der Waals surface area (Å²) in [5, 5.41) is 2.95. The van der Waals surface area contributed by atoms with Gasteiger partial charge in [-0.1, -0.05) is 24.3 Å². The summed E-state index contributed by atoms with van der Waals surface area (Å²) in [7, 11) is -0.424. The molecule has 2 fully saturated rings. The van der Waals surface area contributed by atoms with Gasteiger partial charge in [-0.2, -0.15) is 4.39 Å². The minimum atomic E-state index is -0.590. The molecule has 204 valence electrons. The van der Waals surface area contributed by atoms with Crippen LogP contribution >= 0.6 is 0 Å². The van der Waals surface area contributed by atoms with Gasteiger partial charge in [0.05, 0.1) is 42.6 Å². The average Bonchev–Trinajstić information content (AvgIpc) is 3.43. The fourth-order valence-electron chi connectivity index (χ4n) is 4.39. The number of ether oxygens (including phenoxy) is 2. The predicted octanol–water partition coefficient (Wildman–Crippen LogP) is 2.88. The number of nitrogens with one attached hydrogen (secondary N) is 1. The highest BCUT2D eigenvalue weighted by molar-refractivity contribution is 6.62. The van der Waals surface area contributed by atoms with Gasteiger partial charge in [-0.25, -0.2) is 9.97 Å². The first-order chi connectivity index (χ1) is 18.5. The number of rotatable bonds is 7. The molecule has 39 heavy (non-hydrogen) atoms. The second-order valence-electron chi connectivity index (χ2n) is 10.8. The van der Waals surface area contributed by atoms with Crippen LogP contribution in [0.15, 0.2) is 54.9 Å². The van der Waals surface area contributed by atoms with Crippen LogP contribution < -0.4 is 16.5 Å². The summed E-state index contributed by atoms with van der Waals surface area (Å²) in [6, 6.07) is 12.0. The number of aromatic nitrogens is 2. The molecule has 2 aromatic heterocycles. The zero-order chi connectivity index (χ0) is 27.8. The van der Waals surface area contributed by atoms with Gasteiger partial charge in [-0.05, 0) is 56.9 Å². The number of nitrogen functional groups attached to an aromatic ring is 1. The van der Waals surface area contributed by atoms with Crippen LogP contribution in [0.5, 0.6) is 0 Å². The third-order valence-electron chi connectivity index (χ3n) is 7.54. The molecule has 9 nitrogen and oxygen atoms in total. The Bertz CT molecular complexity index is 1320. The highest BCUT2D eigenvalue weighted by atomic mass is 19.1. The van der Waals surface area contributed by atoms with E-state index < -0.39 is 30.2 Å². The lowest BCUT2D eigenvalue weighted by Crippen LogP contribution is -2.44. The quantitative estimate of drug-likeness (QED) is 0.351. The zero-order valence-electron chi connectivity index (χ0n) is 22.4. The Labute approximate surface area is 227 Å². The van der Waals surface area contributed by atoms with Gasteiger partial charge in [0.15, 0.2) is 0 Å². The Morgan fingerprint density at radius 2 is 1.74 bits per heavy atom. The Kier molecular flexibility index (Phi) is 7.43. The van der Waals surface area contributed by atoms with Crippen molar-refractivity contribution in [2.45, 2.75) is 57.6 Å². The lowest BCUT2D eigenvalue weighted by Gasteiger charge is -2.32. The van der Waals surface area contributed by atoms with E-state index in [1.165, 1.54) is 18.5 Å². The largest absolute Gasteiger partial charge is 0.494 e. The Morgan fingerprint density at radius 3 is 2.41 bits per heavy atom. The Balaban J connectivity index is 1.19. The molecule has 5 rings (SSSR count). The SMILES string of the molecule is CC1(C)OB(c2ccc(CO[C@H]3COC[C@@H]3NC(=O)c3cc(-c4ccc(F)nc4)cnc3N)cc2)OC1(C)C. The molecule has 0 aliphatic carbocycles. The number of nitrogens with two attached hydrogens (primary N) is 1. The number of anilines is 1. The van der Waals surface area contributed by atoms with E-state index in [1.54, 1.807) is 12.1 Å². The molecule has 1 aromatic carbocycles. The molecular formula is C28H32BFN4O5. The summed E-state index contributed by atoms with van der Waals surface area (Å²) in [4.78, 5) is 20.9. The Morgan fingerprint density at radius 1 is 1.05 bits per heavy atom. The molecule has 2 atom stereocenters. The van der Waals surface area contributed by atoms with Crippen LogP contribution in [-0.4, -0.2) is 59.6 Å². The first-order valence-electron chi connectivity index (χ1n) is 12.8. The van der Waals surface area contributed by atoms with Crippen molar-refractivity contribution in [2.24, 2.45) is 0 Å². The van der Waals surface area contributed by atoms with E-state index in [0.29, 0.717) is 30.9 Å². The van der Waals surface area contributed by atoms with Crippen molar-refractivity contribution in [3.8, 4) is 11.1 Å². The molecule has 0 bridgehead atoms. The molecule has 2 aliphatic heterocycles. The smallest absolute Gasteiger partial charge is 0.399 e. The molecular weight excluding hydrogens is 502 g/mol. The van der Waals surface area contributed by atoms with E-state index in [2.05, 4.69) is 15.3 Å². The minimum Gasteiger partial charge on any atom is -0.399 e. The highest BCUT2D eigenvalue weighted by Gasteiger charge is 2.51. The minimum absolute atomic E-state index is 0.0878. The zero-order valence-corrected chi connectivity index (χ0v) is 22.4. The van der Waals surface area contributed by atoms with E-state index in [0.717, 1.165) is 11.0 Å². The molecule has 4 heterocycles. The third-order valence-corrected chi connectivity index (χ3v) is 7.54. The normalized spacial score (nSPS) is 21.7. The predicted molar refractivity (Wildman–Crippen MR) is 145 cm³/mol. The molecule has 11 heteroatoms. The van der Waals surface area contributed by atoms with Crippen molar-refractivity contribution in [3.63, 3.8) is 0 Å². The molecule has 0 spiro atoms. The highest BCUT2D eigenvalue weighted by Crippen LogP contribution is 2.36. The maximum atomic E-state index is 13.2. The maximum absolute atomic E-state index is 13.2. The molecule has 0 unspecified atom stereocenters. The first-order valence-corrected chi connectivity index (χ1v) is 12.8. The van der Waals surface area contributed by atoms with Crippen molar-refractivity contribution in [3.05, 3.63) is 71.9 Å². The van der Waals surface area contributed by atoms with Gasteiger partial charge in [0.1, 0.15) is 11.9 Å². The van der Waals surface area contributed by atoms with Gasteiger partial charge < -0.3 is 29.8 Å². The number of carbonyl (C=O) groups is 1. The molecule has 0 saturated carbocycles. The van der Waals surface area contributed by atoms with Crippen molar-refractivity contribution in [1.82, 2.24) is 15.3 Å². The van der Waals surface area contributed by atoms with Crippen molar-refractivity contribution in [1.29, 1.82) is 0 Å². The van der Waals surface area contributed by atoms with Gasteiger partial charge in [0, 0.05) is 23.5 Å². The number of nitrogens with zero attached hydrogens (tertiary/aromatic N) is 2. The summed E-state index contributed by atoms with van der Waals surface area (Å²) >= 11 is 0. The maximum Gasteiger partial charge on any atom is 0.494 e. The van der Waals surface area contributed by atoms with Crippen molar-refractivity contribution < 1.29 is 28.0 Å². The first kappa shape index (κ1) is 27.2. The van der Waals surface area contributed by atoms with E-state index in [-0.39, 0.29) is 23.5 Å². The van der Waals surface area contributed by atoms with E-state index in [9.17, 15) is 9.18 Å². The number of pyridine rings is 2. The third kappa shape index (κ3) is 5.81. The van der Waals surface area contributed by atoms with Crippen LogP contribution in [0.25, 0.3) is 11.1 Å². The lowest BCUT2D eigenvalue weighted by molar-refractivity contribution is 0.00578. The Hall–Kier alpha value is -3.38. The number of amides is 1. The number of halogens is 1. The van der Waals surface area contributed by atoms with Gasteiger partial charge >= 0.3 is 7.12 Å². The van der Waals surface area contributed by atoms with E-state index in [4.69, 9.17) is 24.5 Å². The molecule has 0 radical (unpaired) electrons. The van der Waals surface area contributed by atoms with Crippen molar-refractivity contribution in [2.75, 3.05) is 18.9 Å². The number of hydrogen-bond acceptors (Lipinski definition) is 8. The summed E-state index contributed by atoms with van der Waals surface area (Å²) in [5.41, 5.74) is 8.53. The molecule has 1 amide bonds. The number of benzene rings is 1. The summed E-state index contributed by atoms with van der Waals surface area (Å²) < 4.78 is 37.1. The summed E-state index contributed by atoms with van der Waals surface area (Å²) in [6.45, 7) is 9.12. The van der Waals surface area contributed by atoms with E-state index in [1.807, 2.05) is 52.0 Å². The van der Waals surface area contributed by atoms with Gasteiger partial charge in [-0.3, -0.25) is 4.79 Å². The van der Waals surface area contributed by atoms with Gasteiger partial charge in [0.25, 0.3) is 5.91 Å². The van der Waals surface area contributed by atoms with Crippen LogP contribution in [0.1, 0.15) is 43.6 Å². The standard InChI is InChI=1S/C28H32BFN4O5/c1-27(2)28(3,4)39-29(38-27)20-8-5-17(6-9-20)14-37-23-16-36-15-22(23)34-26(35)21-11-19(13-33-25(21)31)18-7-10-24(30)32-12-18/h5-13,22-23H,14-16H2,1-4H3,(H2,31,33)(H,34,35)/t22-,23-/m0/s1. The molecule has 2 aliphatic rings. The molecule has 3 N–H and O–H groups in total. The average molecular weight is 534 g/mol. The molecule has 3 aromatic rings. The summed E-state index contributed by atoms with van der Waals surface area (Å²) in [6.07, 6.45) is 2.56. The van der Waals surface area contributed by atoms with E-state index >= 15 is 0 Å². The number of hydrogen-bond donors (Lipinski definition) is 2. The topological polar surface area (TPSA) is 118 Å². The second kappa shape index (κ2) is 10.7. The van der Waals surface area contributed by atoms with Crippen molar-refractivity contribution >= 4 is 24.3 Å². The van der Waals surface area contributed by atoms with Crippen LogP contribution in [0.3, 0.4) is 0 Å². The fourth-order valence-corrected chi connectivity index (χ4v) is 4.39. The number of carbonyl (C=O) groups excluding carboxylic acids is 1. The van der Waals surface area contributed by atoms with Crippen LogP contribution in [0.4, 0.5) is 10.2 Å². The van der Waals surface area contributed by atoms with Crippen LogP contribution in [0.2, 0.25) is 0 Å². The van der Waals surface area contributed by atoms with Crippen LogP contribution in [0, 0.1) is 5.95 Å². The monoisotopic (exact) mass is 534 g/mol. The summed E-state index contributed by atoms with van der Waals surface area (Å²) in [5.74, 6) is -0.897. The van der Waals surface area contributed by atoms with Gasteiger partial charge in [0.2, 0.25) is 5.95 Å². The lowest BCUT2D eigenvalue weighted by atomic mass is 9.79. The fraction of sp³-hybridized carbons (Fsp3) is 0.393. The van der Waals surface area contributed by atoms with Crippen LogP contribution in [-0.2, 0) is 25.4 Å².